The minimum absolute atomic E-state index is 0.257. The first kappa shape index (κ1) is 15.5. The van der Waals surface area contributed by atoms with Gasteiger partial charge in [-0.3, -0.25) is 4.79 Å². The lowest BCUT2D eigenvalue weighted by molar-refractivity contribution is -0.157. The molecule has 0 amide bonds. The van der Waals surface area contributed by atoms with E-state index >= 15 is 0 Å². The summed E-state index contributed by atoms with van der Waals surface area (Å²) in [5.41, 5.74) is 5.97. The number of hydrogen-bond donors (Lipinski definition) is 1. The van der Waals surface area contributed by atoms with Crippen LogP contribution in [-0.2, 0) is 9.53 Å². The van der Waals surface area contributed by atoms with Crippen molar-refractivity contribution in [1.82, 2.24) is 0 Å². The van der Waals surface area contributed by atoms with E-state index in [1.807, 2.05) is 20.8 Å². The summed E-state index contributed by atoms with van der Waals surface area (Å²) in [7, 11) is 0. The van der Waals surface area contributed by atoms with Crippen molar-refractivity contribution in [2.75, 3.05) is 0 Å². The Labute approximate surface area is 111 Å². The molecule has 2 N–H and O–H groups in total. The molecule has 0 spiro atoms. The highest BCUT2D eigenvalue weighted by Gasteiger charge is 2.30. The fraction of sp³-hybridized carbons (Fsp3) is 0.933. The summed E-state index contributed by atoms with van der Waals surface area (Å²) >= 11 is 0. The molecule has 0 aromatic heterocycles. The molecular weight excluding hydrogens is 226 g/mol. The fourth-order valence-corrected chi connectivity index (χ4v) is 2.53. The van der Waals surface area contributed by atoms with Gasteiger partial charge in [0.2, 0.25) is 0 Å². The second-order valence-corrected chi connectivity index (χ2v) is 7.48. The molecule has 106 valence electrons. The average molecular weight is 255 g/mol. The second kappa shape index (κ2) is 5.60. The van der Waals surface area contributed by atoms with Crippen LogP contribution < -0.4 is 5.73 Å². The first-order valence-electron chi connectivity index (χ1n) is 7.07. The lowest BCUT2D eigenvalue weighted by atomic mass is 9.72. The van der Waals surface area contributed by atoms with Crippen molar-refractivity contribution in [2.24, 2.45) is 17.1 Å². The maximum Gasteiger partial charge on any atom is 0.323 e. The van der Waals surface area contributed by atoms with Crippen LogP contribution in [0, 0.1) is 11.3 Å². The van der Waals surface area contributed by atoms with Gasteiger partial charge in [0.15, 0.2) is 0 Å². The lowest BCUT2D eigenvalue weighted by Crippen LogP contribution is -2.39. The quantitative estimate of drug-likeness (QED) is 0.787. The number of carbonyl (C=O) groups is 1. The molecule has 1 unspecified atom stereocenters. The number of rotatable bonds is 3. The van der Waals surface area contributed by atoms with Crippen LogP contribution in [0.4, 0.5) is 0 Å². The van der Waals surface area contributed by atoms with E-state index in [-0.39, 0.29) is 5.97 Å². The molecule has 0 radical (unpaired) electrons. The summed E-state index contributed by atoms with van der Waals surface area (Å²) in [6, 6.07) is -0.463. The van der Waals surface area contributed by atoms with Crippen LogP contribution in [0.1, 0.15) is 66.7 Å². The van der Waals surface area contributed by atoms with Gasteiger partial charge in [0, 0.05) is 0 Å². The maximum atomic E-state index is 11.8. The zero-order chi connectivity index (χ0) is 14.0. The van der Waals surface area contributed by atoms with Crippen LogP contribution in [0.15, 0.2) is 0 Å². The molecule has 0 saturated heterocycles. The Kier molecular flexibility index (Phi) is 4.82. The van der Waals surface area contributed by atoms with Gasteiger partial charge in [-0.05, 0) is 64.2 Å². The molecule has 3 heteroatoms. The van der Waals surface area contributed by atoms with E-state index in [0.717, 1.165) is 6.42 Å². The molecule has 0 heterocycles. The van der Waals surface area contributed by atoms with Crippen LogP contribution in [-0.4, -0.2) is 17.6 Å². The number of ether oxygens (including phenoxy) is 1. The number of carbonyl (C=O) groups excluding carboxylic acids is 1. The highest BCUT2D eigenvalue weighted by atomic mass is 16.6. The molecule has 18 heavy (non-hydrogen) atoms. The summed E-state index contributed by atoms with van der Waals surface area (Å²) in [4.78, 5) is 11.8. The summed E-state index contributed by atoms with van der Waals surface area (Å²) < 4.78 is 5.32. The van der Waals surface area contributed by atoms with Crippen LogP contribution in [0.5, 0.6) is 0 Å². The zero-order valence-electron chi connectivity index (χ0n) is 12.6. The van der Waals surface area contributed by atoms with E-state index in [0.29, 0.717) is 11.3 Å². The van der Waals surface area contributed by atoms with Gasteiger partial charge in [0.1, 0.15) is 11.6 Å². The standard InChI is InChI=1S/C15H29NO2/c1-14(2,3)18-13(17)12(16)10-11-6-8-15(4,5)9-7-11/h11-12H,6-10,16H2,1-5H3. The van der Waals surface area contributed by atoms with Gasteiger partial charge >= 0.3 is 5.97 Å². The van der Waals surface area contributed by atoms with Crippen LogP contribution in [0.3, 0.4) is 0 Å². The van der Waals surface area contributed by atoms with Gasteiger partial charge in [-0.1, -0.05) is 13.8 Å². The number of nitrogens with two attached hydrogens (primary N) is 1. The Morgan fingerprint density at radius 3 is 2.28 bits per heavy atom. The molecular formula is C15H29NO2. The van der Waals surface area contributed by atoms with Crippen molar-refractivity contribution in [3.63, 3.8) is 0 Å². The van der Waals surface area contributed by atoms with E-state index < -0.39 is 11.6 Å². The average Bonchev–Trinajstić information content (AvgIpc) is 2.18. The van der Waals surface area contributed by atoms with Crippen molar-refractivity contribution in [3.8, 4) is 0 Å². The van der Waals surface area contributed by atoms with E-state index in [1.54, 1.807) is 0 Å². The van der Waals surface area contributed by atoms with Crippen molar-refractivity contribution < 1.29 is 9.53 Å². The van der Waals surface area contributed by atoms with Crippen LogP contribution in [0.25, 0.3) is 0 Å². The Hall–Kier alpha value is -0.570. The monoisotopic (exact) mass is 255 g/mol. The third kappa shape index (κ3) is 5.38. The van der Waals surface area contributed by atoms with Crippen molar-refractivity contribution in [1.29, 1.82) is 0 Å². The Morgan fingerprint density at radius 1 is 1.33 bits per heavy atom. The first-order chi connectivity index (χ1) is 8.09. The van der Waals surface area contributed by atoms with Crippen molar-refractivity contribution >= 4 is 5.97 Å². The zero-order valence-corrected chi connectivity index (χ0v) is 12.6. The minimum Gasteiger partial charge on any atom is -0.459 e. The Bertz CT molecular complexity index is 281. The highest BCUT2D eigenvalue weighted by Crippen LogP contribution is 2.39. The SMILES string of the molecule is CC1(C)CCC(CC(N)C(=O)OC(C)(C)C)CC1. The van der Waals surface area contributed by atoms with E-state index in [2.05, 4.69) is 13.8 Å². The third-order valence-corrected chi connectivity index (χ3v) is 3.76. The maximum absolute atomic E-state index is 11.8. The predicted molar refractivity (Wildman–Crippen MR) is 74.2 cm³/mol. The molecule has 3 nitrogen and oxygen atoms in total. The van der Waals surface area contributed by atoms with Gasteiger partial charge in [0.05, 0.1) is 0 Å². The van der Waals surface area contributed by atoms with Crippen LogP contribution >= 0.6 is 0 Å². The van der Waals surface area contributed by atoms with Crippen LogP contribution in [0.2, 0.25) is 0 Å². The van der Waals surface area contributed by atoms with Crippen molar-refractivity contribution in [3.05, 3.63) is 0 Å². The minimum atomic E-state index is -0.463. The first-order valence-corrected chi connectivity index (χ1v) is 7.07. The van der Waals surface area contributed by atoms with Gasteiger partial charge in [0.25, 0.3) is 0 Å². The fourth-order valence-electron chi connectivity index (χ4n) is 2.53. The third-order valence-electron chi connectivity index (χ3n) is 3.76. The number of hydrogen-bond acceptors (Lipinski definition) is 3. The van der Waals surface area contributed by atoms with Gasteiger partial charge in [-0.15, -0.1) is 0 Å². The van der Waals surface area contributed by atoms with Gasteiger partial charge < -0.3 is 10.5 Å². The highest BCUT2D eigenvalue weighted by molar-refractivity contribution is 5.75. The second-order valence-electron chi connectivity index (χ2n) is 7.48. The number of esters is 1. The van der Waals surface area contributed by atoms with E-state index in [4.69, 9.17) is 10.5 Å². The van der Waals surface area contributed by atoms with Gasteiger partial charge in [-0.2, -0.15) is 0 Å². The normalized spacial score (nSPS) is 22.6. The largest absolute Gasteiger partial charge is 0.459 e. The molecule has 0 aromatic carbocycles. The summed E-state index contributed by atoms with van der Waals surface area (Å²) in [6.07, 6.45) is 5.61. The van der Waals surface area contributed by atoms with E-state index in [1.165, 1.54) is 25.7 Å². The Balaban J connectivity index is 2.37. The molecule has 1 aliphatic rings. The lowest BCUT2D eigenvalue weighted by Gasteiger charge is -2.35. The van der Waals surface area contributed by atoms with Gasteiger partial charge in [-0.25, -0.2) is 0 Å². The van der Waals surface area contributed by atoms with E-state index in [9.17, 15) is 4.79 Å². The molecule has 0 aliphatic heterocycles. The molecule has 1 aliphatic carbocycles. The molecule has 1 rings (SSSR count). The molecule has 1 fully saturated rings. The topological polar surface area (TPSA) is 52.3 Å². The smallest absolute Gasteiger partial charge is 0.323 e. The summed E-state index contributed by atoms with van der Waals surface area (Å²) in [5.74, 6) is 0.327. The molecule has 0 bridgehead atoms. The molecule has 0 aromatic rings. The summed E-state index contributed by atoms with van der Waals surface area (Å²) in [6.45, 7) is 10.3. The predicted octanol–water partition coefficient (Wildman–Crippen LogP) is 3.26. The summed E-state index contributed by atoms with van der Waals surface area (Å²) in [5, 5.41) is 0. The molecule has 1 saturated carbocycles. The molecule has 1 atom stereocenters. The Morgan fingerprint density at radius 2 is 1.83 bits per heavy atom. The van der Waals surface area contributed by atoms with Crippen molar-refractivity contribution in [2.45, 2.75) is 78.4 Å².